The van der Waals surface area contributed by atoms with Crippen LogP contribution in [0.3, 0.4) is 0 Å². The number of piperazine rings is 1. The van der Waals surface area contributed by atoms with E-state index in [-0.39, 0.29) is 50.8 Å². The molecule has 2 aromatic carbocycles. The van der Waals surface area contributed by atoms with Gasteiger partial charge in [0.15, 0.2) is 0 Å². The summed E-state index contributed by atoms with van der Waals surface area (Å²) in [6.45, 7) is 0.570. The summed E-state index contributed by atoms with van der Waals surface area (Å²) in [7, 11) is -4.22. The molecule has 2 amide bonds. The number of amides is 2. The van der Waals surface area contributed by atoms with Gasteiger partial charge in [0.05, 0.1) is 12.3 Å². The molecular formula is C23H24F2N4O4S. The van der Waals surface area contributed by atoms with E-state index in [1.807, 2.05) is 30.3 Å². The van der Waals surface area contributed by atoms with Crippen LogP contribution in [0.5, 0.6) is 0 Å². The molecule has 0 radical (unpaired) electrons. The smallest absolute Gasteiger partial charge is 0.246 e. The SMILES string of the molecule is O=C(CCC(=O)N1CCC(c2ccccc2)=N1)N1CCN(S(=O)(=O)c2cc(F)ccc2F)CC1. The first-order chi connectivity index (χ1) is 16.3. The second-order valence-electron chi connectivity index (χ2n) is 8.04. The zero-order chi connectivity index (χ0) is 24.3. The van der Waals surface area contributed by atoms with Crippen LogP contribution in [0.2, 0.25) is 0 Å². The van der Waals surface area contributed by atoms with E-state index in [1.165, 1.54) is 9.91 Å². The maximum atomic E-state index is 14.0. The van der Waals surface area contributed by atoms with Gasteiger partial charge in [-0.2, -0.15) is 9.41 Å². The van der Waals surface area contributed by atoms with Crippen molar-refractivity contribution in [3.63, 3.8) is 0 Å². The number of hydrazone groups is 1. The maximum absolute atomic E-state index is 14.0. The third-order valence-corrected chi connectivity index (χ3v) is 7.77. The molecule has 8 nitrogen and oxygen atoms in total. The van der Waals surface area contributed by atoms with E-state index < -0.39 is 26.6 Å². The van der Waals surface area contributed by atoms with Crippen LogP contribution in [0.1, 0.15) is 24.8 Å². The van der Waals surface area contributed by atoms with Gasteiger partial charge in [0.2, 0.25) is 21.8 Å². The standard InChI is InChI=1S/C23H24F2N4O4S/c24-18-6-7-19(25)21(16-18)34(32,33)28-14-12-27(13-15-28)22(30)8-9-23(31)29-11-10-20(26-29)17-4-2-1-3-5-17/h1-7,16H,8-15H2. The lowest BCUT2D eigenvalue weighted by Gasteiger charge is -2.34. The van der Waals surface area contributed by atoms with E-state index in [2.05, 4.69) is 5.10 Å². The summed E-state index contributed by atoms with van der Waals surface area (Å²) >= 11 is 0. The van der Waals surface area contributed by atoms with E-state index in [0.29, 0.717) is 19.0 Å². The third kappa shape index (κ3) is 5.15. The Morgan fingerprint density at radius 1 is 0.882 bits per heavy atom. The van der Waals surface area contributed by atoms with E-state index in [4.69, 9.17) is 0 Å². The molecule has 34 heavy (non-hydrogen) atoms. The van der Waals surface area contributed by atoms with Gasteiger partial charge in [-0.15, -0.1) is 0 Å². The second kappa shape index (κ2) is 9.98. The molecule has 0 aromatic heterocycles. The predicted octanol–water partition coefficient (Wildman–Crippen LogP) is 2.21. The van der Waals surface area contributed by atoms with E-state index in [0.717, 1.165) is 27.7 Å². The number of carbonyl (C=O) groups is 2. The molecule has 2 aliphatic heterocycles. The zero-order valence-electron chi connectivity index (χ0n) is 18.4. The van der Waals surface area contributed by atoms with Crippen LogP contribution in [0, 0.1) is 11.6 Å². The lowest BCUT2D eigenvalue weighted by molar-refractivity contribution is -0.137. The molecule has 2 aliphatic rings. The van der Waals surface area contributed by atoms with E-state index >= 15 is 0 Å². The average Bonchev–Trinajstić information content (AvgIpc) is 3.35. The lowest BCUT2D eigenvalue weighted by Crippen LogP contribution is -2.50. The van der Waals surface area contributed by atoms with Crippen LogP contribution in [-0.2, 0) is 19.6 Å². The molecule has 4 rings (SSSR count). The molecule has 0 atom stereocenters. The summed E-state index contributed by atoms with van der Waals surface area (Å²) in [5.74, 6) is -2.40. The van der Waals surface area contributed by atoms with Crippen molar-refractivity contribution in [2.45, 2.75) is 24.2 Å². The summed E-state index contributed by atoms with van der Waals surface area (Å²) in [5, 5.41) is 5.76. The summed E-state index contributed by atoms with van der Waals surface area (Å²) in [6, 6.07) is 11.8. The Morgan fingerprint density at radius 2 is 1.56 bits per heavy atom. The number of hydrogen-bond donors (Lipinski definition) is 0. The molecule has 1 saturated heterocycles. The van der Waals surface area contributed by atoms with Crippen LogP contribution in [0.15, 0.2) is 58.5 Å². The molecule has 2 heterocycles. The first-order valence-electron chi connectivity index (χ1n) is 10.9. The number of halogens is 2. The van der Waals surface area contributed by atoms with Crippen molar-refractivity contribution in [1.82, 2.24) is 14.2 Å². The molecule has 0 unspecified atom stereocenters. The summed E-state index contributed by atoms with van der Waals surface area (Å²) in [5.41, 5.74) is 1.78. The minimum absolute atomic E-state index is 0.00256. The number of nitrogens with zero attached hydrogens (tertiary/aromatic N) is 4. The van der Waals surface area contributed by atoms with Crippen molar-refractivity contribution in [3.8, 4) is 0 Å². The summed E-state index contributed by atoms with van der Waals surface area (Å²) < 4.78 is 53.8. The molecule has 2 aromatic rings. The molecule has 0 N–H and O–H groups in total. The monoisotopic (exact) mass is 490 g/mol. The van der Waals surface area contributed by atoms with Crippen molar-refractivity contribution in [1.29, 1.82) is 0 Å². The highest BCUT2D eigenvalue weighted by molar-refractivity contribution is 7.89. The minimum Gasteiger partial charge on any atom is -0.340 e. The van der Waals surface area contributed by atoms with E-state index in [9.17, 15) is 26.8 Å². The number of hydrogen-bond acceptors (Lipinski definition) is 5. The first kappa shape index (κ1) is 24.0. The molecule has 0 saturated carbocycles. The summed E-state index contributed by atoms with van der Waals surface area (Å²) in [4.78, 5) is 25.8. The Balaban J connectivity index is 1.28. The molecule has 0 bridgehead atoms. The fraction of sp³-hybridized carbons (Fsp3) is 0.348. The molecule has 180 valence electrons. The first-order valence-corrected chi connectivity index (χ1v) is 12.4. The second-order valence-corrected chi connectivity index (χ2v) is 9.95. The largest absolute Gasteiger partial charge is 0.340 e. The fourth-order valence-electron chi connectivity index (χ4n) is 3.96. The van der Waals surface area contributed by atoms with Gasteiger partial charge in [-0.25, -0.2) is 22.2 Å². The van der Waals surface area contributed by atoms with Crippen LogP contribution in [0.4, 0.5) is 8.78 Å². The predicted molar refractivity (Wildman–Crippen MR) is 120 cm³/mol. The van der Waals surface area contributed by atoms with Gasteiger partial charge >= 0.3 is 0 Å². The van der Waals surface area contributed by atoms with Gasteiger partial charge in [0.25, 0.3) is 0 Å². The van der Waals surface area contributed by atoms with Crippen LogP contribution < -0.4 is 0 Å². The van der Waals surface area contributed by atoms with Crippen molar-refractivity contribution < 1.29 is 26.8 Å². The van der Waals surface area contributed by atoms with Gasteiger partial charge in [-0.1, -0.05) is 30.3 Å². The lowest BCUT2D eigenvalue weighted by atomic mass is 10.1. The van der Waals surface area contributed by atoms with Gasteiger partial charge in [0, 0.05) is 45.4 Å². The van der Waals surface area contributed by atoms with Crippen LogP contribution >= 0.6 is 0 Å². The van der Waals surface area contributed by atoms with Crippen molar-refractivity contribution in [2.75, 3.05) is 32.7 Å². The molecule has 0 spiro atoms. The highest BCUT2D eigenvalue weighted by Crippen LogP contribution is 2.22. The highest BCUT2D eigenvalue weighted by Gasteiger charge is 2.32. The highest BCUT2D eigenvalue weighted by atomic mass is 32.2. The summed E-state index contributed by atoms with van der Waals surface area (Å²) in [6.07, 6.45) is 0.625. The Hall–Kier alpha value is -3.18. The maximum Gasteiger partial charge on any atom is 0.246 e. The zero-order valence-corrected chi connectivity index (χ0v) is 19.2. The number of sulfonamides is 1. The topological polar surface area (TPSA) is 90.4 Å². The number of rotatable bonds is 6. The Morgan fingerprint density at radius 3 is 2.26 bits per heavy atom. The quantitative estimate of drug-likeness (QED) is 0.621. The van der Waals surface area contributed by atoms with Gasteiger partial charge in [0.1, 0.15) is 16.5 Å². The molecule has 11 heteroatoms. The number of benzene rings is 2. The van der Waals surface area contributed by atoms with Gasteiger partial charge in [-0.3, -0.25) is 9.59 Å². The van der Waals surface area contributed by atoms with Crippen molar-refractivity contribution in [3.05, 3.63) is 65.7 Å². The van der Waals surface area contributed by atoms with Crippen LogP contribution in [0.25, 0.3) is 0 Å². The third-order valence-electron chi connectivity index (χ3n) is 5.85. The van der Waals surface area contributed by atoms with Crippen LogP contribution in [-0.4, -0.2) is 72.9 Å². The van der Waals surface area contributed by atoms with Crippen molar-refractivity contribution in [2.24, 2.45) is 5.10 Å². The average molecular weight is 491 g/mol. The van der Waals surface area contributed by atoms with Gasteiger partial charge < -0.3 is 4.90 Å². The Bertz CT molecular complexity index is 1210. The minimum atomic E-state index is -4.22. The molecule has 0 aliphatic carbocycles. The molecular weight excluding hydrogens is 466 g/mol. The Labute approximate surface area is 196 Å². The fourth-order valence-corrected chi connectivity index (χ4v) is 5.46. The van der Waals surface area contributed by atoms with Gasteiger partial charge in [-0.05, 0) is 23.8 Å². The van der Waals surface area contributed by atoms with E-state index in [1.54, 1.807) is 0 Å². The normalized spacial score (nSPS) is 17.1. The number of carbonyl (C=O) groups excluding carboxylic acids is 2. The molecule has 1 fully saturated rings. The Kier molecular flexibility index (Phi) is 7.03. The van der Waals surface area contributed by atoms with Crippen molar-refractivity contribution >= 4 is 27.5 Å².